The number of nitrogens with zero attached hydrogens (tertiary/aromatic N) is 2. The zero-order chi connectivity index (χ0) is 20.4. The Labute approximate surface area is 176 Å². The van der Waals surface area contributed by atoms with Crippen molar-refractivity contribution in [2.45, 2.75) is 0 Å². The molecule has 0 spiro atoms. The van der Waals surface area contributed by atoms with Crippen molar-refractivity contribution in [2.75, 3.05) is 72.6 Å². The van der Waals surface area contributed by atoms with Crippen molar-refractivity contribution in [2.24, 2.45) is 0 Å². The predicted octanol–water partition coefficient (Wildman–Crippen LogP) is 1.39. The molecule has 3 aliphatic rings. The Hall–Kier alpha value is -2.30. The lowest BCUT2D eigenvalue weighted by molar-refractivity contribution is -0.00841. The number of ether oxygens (including phenoxy) is 6. The van der Waals surface area contributed by atoms with Crippen molar-refractivity contribution < 1.29 is 28.4 Å². The molecule has 0 bridgehead atoms. The fourth-order valence-corrected chi connectivity index (χ4v) is 3.18. The third-order valence-electron chi connectivity index (χ3n) is 4.67. The summed E-state index contributed by atoms with van der Waals surface area (Å²) in [5, 5.41) is 4.04. The molecular weight excluding hydrogens is 390 g/mol. The molecule has 0 atom stereocenters. The number of hydrazine groups is 2. The maximum Gasteiger partial charge on any atom is 0.161 e. The Kier molecular flexibility index (Phi) is 7.81. The van der Waals surface area contributed by atoms with E-state index in [-0.39, 0.29) is 0 Å². The van der Waals surface area contributed by atoms with Gasteiger partial charge in [0.25, 0.3) is 0 Å². The van der Waals surface area contributed by atoms with E-state index in [2.05, 4.69) is 11.5 Å². The molecule has 9 heteroatoms. The average Bonchev–Trinajstić information content (AvgIpc) is 3.36. The van der Waals surface area contributed by atoms with Crippen LogP contribution in [0.2, 0.25) is 0 Å². The summed E-state index contributed by atoms with van der Waals surface area (Å²) in [4.78, 5) is 0. The fraction of sp³-hybridized carbons (Fsp3) is 0.524. The highest BCUT2D eigenvalue weighted by molar-refractivity contribution is 5.67. The van der Waals surface area contributed by atoms with Gasteiger partial charge >= 0.3 is 0 Å². The van der Waals surface area contributed by atoms with Crippen LogP contribution in [0.4, 0.5) is 0 Å². The SMILES string of the molecule is C1=CN2C=C(c3ccc4c(c3)OCCOCCOCCOCCOCCO4)NN2C1. The number of nitrogens with one attached hydrogen (secondary N) is 1. The van der Waals surface area contributed by atoms with Crippen LogP contribution in [-0.4, -0.2) is 82.7 Å². The van der Waals surface area contributed by atoms with Crippen LogP contribution in [0, 0.1) is 0 Å². The van der Waals surface area contributed by atoms with Gasteiger partial charge in [-0.2, -0.15) is 0 Å². The number of hydrogen-bond donors (Lipinski definition) is 1. The van der Waals surface area contributed by atoms with E-state index >= 15 is 0 Å². The van der Waals surface area contributed by atoms with E-state index in [1.54, 1.807) is 0 Å². The molecule has 1 N–H and O–H groups in total. The average molecular weight is 419 g/mol. The van der Waals surface area contributed by atoms with Crippen LogP contribution in [0.3, 0.4) is 0 Å². The highest BCUT2D eigenvalue weighted by Crippen LogP contribution is 2.32. The Morgan fingerprint density at radius 2 is 1.30 bits per heavy atom. The molecule has 0 saturated heterocycles. The van der Waals surface area contributed by atoms with Gasteiger partial charge in [0, 0.05) is 18.0 Å². The second kappa shape index (κ2) is 11.2. The smallest absolute Gasteiger partial charge is 0.161 e. The van der Waals surface area contributed by atoms with Gasteiger partial charge < -0.3 is 28.4 Å². The molecule has 0 saturated carbocycles. The highest BCUT2D eigenvalue weighted by atomic mass is 16.6. The topological polar surface area (TPSA) is 73.9 Å². The summed E-state index contributed by atoms with van der Waals surface area (Å²) in [7, 11) is 0. The van der Waals surface area contributed by atoms with E-state index < -0.39 is 0 Å². The summed E-state index contributed by atoms with van der Waals surface area (Å²) in [6.07, 6.45) is 6.17. The van der Waals surface area contributed by atoms with E-state index in [0.717, 1.165) is 17.8 Å². The summed E-state index contributed by atoms with van der Waals surface area (Å²) >= 11 is 0. The van der Waals surface area contributed by atoms with Crippen molar-refractivity contribution in [1.29, 1.82) is 0 Å². The first kappa shape index (κ1) is 21.0. The van der Waals surface area contributed by atoms with Gasteiger partial charge in [-0.25, -0.2) is 0 Å². The lowest BCUT2D eigenvalue weighted by Gasteiger charge is -2.19. The lowest BCUT2D eigenvalue weighted by Crippen LogP contribution is -2.35. The van der Waals surface area contributed by atoms with Crippen LogP contribution in [0.5, 0.6) is 11.5 Å². The Balaban J connectivity index is 1.39. The molecule has 0 aromatic heterocycles. The minimum absolute atomic E-state index is 0.424. The van der Waals surface area contributed by atoms with Crippen molar-refractivity contribution >= 4 is 5.70 Å². The first-order valence-corrected chi connectivity index (χ1v) is 10.3. The molecule has 164 valence electrons. The van der Waals surface area contributed by atoms with Crippen LogP contribution in [0.15, 0.2) is 36.7 Å². The van der Waals surface area contributed by atoms with Gasteiger partial charge in [-0.1, -0.05) is 0 Å². The Morgan fingerprint density at radius 3 is 1.93 bits per heavy atom. The van der Waals surface area contributed by atoms with E-state index in [4.69, 9.17) is 28.4 Å². The van der Waals surface area contributed by atoms with Crippen molar-refractivity contribution in [3.63, 3.8) is 0 Å². The van der Waals surface area contributed by atoms with Crippen LogP contribution < -0.4 is 14.9 Å². The van der Waals surface area contributed by atoms with Gasteiger partial charge in [0.2, 0.25) is 0 Å². The summed E-state index contributed by atoms with van der Waals surface area (Å²) in [5.41, 5.74) is 5.40. The van der Waals surface area contributed by atoms with Gasteiger partial charge in [-0.15, -0.1) is 5.12 Å². The molecular formula is C21H29N3O6. The molecule has 9 nitrogen and oxygen atoms in total. The number of hydrogen-bond acceptors (Lipinski definition) is 9. The van der Waals surface area contributed by atoms with Gasteiger partial charge in [-0.05, 0) is 24.3 Å². The minimum atomic E-state index is 0.424. The first-order valence-electron chi connectivity index (χ1n) is 10.3. The number of fused-ring (bicyclic) bond motifs is 2. The third kappa shape index (κ3) is 5.87. The quantitative estimate of drug-likeness (QED) is 0.727. The van der Waals surface area contributed by atoms with Crippen LogP contribution in [-0.2, 0) is 18.9 Å². The monoisotopic (exact) mass is 419 g/mol. The molecule has 0 aliphatic carbocycles. The fourth-order valence-electron chi connectivity index (χ4n) is 3.18. The number of rotatable bonds is 1. The second-order valence-corrected chi connectivity index (χ2v) is 6.81. The van der Waals surface area contributed by atoms with Gasteiger partial charge in [0.15, 0.2) is 11.5 Å². The predicted molar refractivity (Wildman–Crippen MR) is 110 cm³/mol. The molecule has 0 radical (unpaired) electrons. The Morgan fingerprint density at radius 1 is 0.700 bits per heavy atom. The van der Waals surface area contributed by atoms with Gasteiger partial charge in [0.1, 0.15) is 13.2 Å². The molecule has 3 heterocycles. The summed E-state index contributed by atoms with van der Waals surface area (Å²) in [6, 6.07) is 5.93. The molecule has 4 rings (SSSR count). The third-order valence-corrected chi connectivity index (χ3v) is 4.67. The molecule has 1 aromatic rings. The highest BCUT2D eigenvalue weighted by Gasteiger charge is 2.23. The standard InChI is InChI=1S/C21H29N3O6/c1-4-23-17-19(22-24(23)5-1)18-2-3-20-21(16-18)30-15-13-28-11-9-26-7-6-25-8-10-27-12-14-29-20/h1-4,16-17,22H,5-15H2. The van der Waals surface area contributed by atoms with Crippen LogP contribution in [0.25, 0.3) is 5.70 Å². The summed E-state index contributed by atoms with van der Waals surface area (Å²) in [6.45, 7) is 5.85. The van der Waals surface area contributed by atoms with Crippen molar-refractivity contribution in [3.8, 4) is 11.5 Å². The summed E-state index contributed by atoms with van der Waals surface area (Å²) in [5.74, 6) is 1.36. The van der Waals surface area contributed by atoms with E-state index in [0.29, 0.717) is 77.6 Å². The summed E-state index contributed by atoms with van der Waals surface area (Å²) < 4.78 is 33.9. The first-order chi connectivity index (χ1) is 14.9. The molecule has 1 aromatic carbocycles. The zero-order valence-electron chi connectivity index (χ0n) is 17.1. The van der Waals surface area contributed by atoms with Gasteiger partial charge in [0.05, 0.1) is 65.1 Å². The van der Waals surface area contributed by atoms with Crippen LogP contribution in [0.1, 0.15) is 5.56 Å². The normalized spacial score (nSPS) is 22.0. The minimum Gasteiger partial charge on any atom is -0.487 e. The van der Waals surface area contributed by atoms with Crippen molar-refractivity contribution in [1.82, 2.24) is 15.6 Å². The van der Waals surface area contributed by atoms with E-state index in [9.17, 15) is 0 Å². The number of benzene rings is 1. The largest absolute Gasteiger partial charge is 0.487 e. The Bertz CT molecular complexity index is 741. The molecule has 30 heavy (non-hydrogen) atoms. The maximum absolute atomic E-state index is 5.98. The zero-order valence-corrected chi connectivity index (χ0v) is 17.1. The molecule has 0 amide bonds. The molecule has 0 unspecified atom stereocenters. The van der Waals surface area contributed by atoms with Crippen LogP contribution >= 0.6 is 0 Å². The van der Waals surface area contributed by atoms with Gasteiger partial charge in [-0.3, -0.25) is 10.4 Å². The maximum atomic E-state index is 5.98. The second-order valence-electron chi connectivity index (χ2n) is 6.81. The van der Waals surface area contributed by atoms with E-state index in [1.165, 1.54) is 0 Å². The lowest BCUT2D eigenvalue weighted by atomic mass is 10.1. The molecule has 3 aliphatic heterocycles. The van der Waals surface area contributed by atoms with Crippen molar-refractivity contribution in [3.05, 3.63) is 42.2 Å². The van der Waals surface area contributed by atoms with E-state index in [1.807, 2.05) is 40.7 Å². The molecule has 0 fully saturated rings.